The van der Waals surface area contributed by atoms with E-state index in [0.717, 1.165) is 24.8 Å². The second-order valence-electron chi connectivity index (χ2n) is 9.10. The highest BCUT2D eigenvalue weighted by Gasteiger charge is 2.64. The molecule has 26 heavy (non-hydrogen) atoms. The van der Waals surface area contributed by atoms with Crippen LogP contribution < -0.4 is 0 Å². The number of hydrogen-bond acceptors (Lipinski definition) is 5. The van der Waals surface area contributed by atoms with E-state index in [9.17, 15) is 20.1 Å². The van der Waals surface area contributed by atoms with Crippen LogP contribution in [0.5, 0.6) is 0 Å². The van der Waals surface area contributed by atoms with Crippen LogP contribution in [-0.2, 0) is 9.53 Å². The molecule has 3 aliphatic rings. The van der Waals surface area contributed by atoms with E-state index < -0.39 is 23.6 Å². The molecule has 2 aliphatic carbocycles. The first-order valence-electron chi connectivity index (χ1n) is 9.62. The summed E-state index contributed by atoms with van der Waals surface area (Å²) in [6.45, 7) is 10.7. The summed E-state index contributed by atoms with van der Waals surface area (Å²) in [6.07, 6.45) is 4.27. The summed E-state index contributed by atoms with van der Waals surface area (Å²) in [7, 11) is 0. The standard InChI is InChI=1S/C21H32O5/c1-13-7-10-21(4)19(2,9-8-17(24)20(21,3)12-22)15(13)6-5-14-16(23)11-26-18(14)25/h5,15-17,22-24H,1,6-12H2,2-4H3/b14-5+/t15-,16-,17-,19+,20?,21+/m1/s1. The summed E-state index contributed by atoms with van der Waals surface area (Å²) in [6, 6.07) is 0. The topological polar surface area (TPSA) is 87.0 Å². The molecule has 1 aliphatic heterocycles. The Bertz CT molecular complexity index is 640. The second-order valence-corrected chi connectivity index (χ2v) is 9.10. The van der Waals surface area contributed by atoms with Gasteiger partial charge in [0.05, 0.1) is 18.3 Å². The fraction of sp³-hybridized carbons (Fsp3) is 0.762. The predicted octanol–water partition coefficient (Wildman–Crippen LogP) is 2.35. The highest BCUT2D eigenvalue weighted by Crippen LogP contribution is 2.68. The summed E-state index contributed by atoms with van der Waals surface area (Å²) in [4.78, 5) is 11.8. The molecule has 1 saturated heterocycles. The molecule has 3 rings (SSSR count). The van der Waals surface area contributed by atoms with Gasteiger partial charge in [-0.15, -0.1) is 0 Å². The molecule has 0 spiro atoms. The van der Waals surface area contributed by atoms with Crippen molar-refractivity contribution < 1.29 is 24.9 Å². The van der Waals surface area contributed by atoms with E-state index in [1.54, 1.807) is 0 Å². The van der Waals surface area contributed by atoms with Gasteiger partial charge in [-0.2, -0.15) is 0 Å². The van der Waals surface area contributed by atoms with Gasteiger partial charge >= 0.3 is 5.97 Å². The third-order valence-corrected chi connectivity index (χ3v) is 8.27. The monoisotopic (exact) mass is 364 g/mol. The number of hydrogen-bond donors (Lipinski definition) is 3. The van der Waals surface area contributed by atoms with Gasteiger partial charge in [-0.25, -0.2) is 4.79 Å². The Hall–Kier alpha value is -1.17. The van der Waals surface area contributed by atoms with Crippen LogP contribution in [0.15, 0.2) is 23.8 Å². The van der Waals surface area contributed by atoms with Gasteiger partial charge in [-0.1, -0.05) is 39.0 Å². The normalized spacial score (nSPS) is 47.8. The Morgan fingerprint density at radius 2 is 1.96 bits per heavy atom. The summed E-state index contributed by atoms with van der Waals surface area (Å²) in [5.74, 6) is -0.307. The van der Waals surface area contributed by atoms with Crippen LogP contribution in [0.1, 0.15) is 52.9 Å². The first kappa shape index (κ1) is 19.6. The Kier molecular flexibility index (Phi) is 4.87. The molecule has 0 aromatic carbocycles. The molecule has 3 N–H and O–H groups in total. The van der Waals surface area contributed by atoms with Crippen molar-refractivity contribution in [1.82, 2.24) is 0 Å². The number of allylic oxidation sites excluding steroid dienone is 2. The van der Waals surface area contributed by atoms with Gasteiger partial charge in [0.25, 0.3) is 0 Å². The summed E-state index contributed by atoms with van der Waals surface area (Å²) < 4.78 is 4.91. The van der Waals surface area contributed by atoms with Gasteiger partial charge < -0.3 is 20.1 Å². The first-order chi connectivity index (χ1) is 12.1. The summed E-state index contributed by atoms with van der Waals surface area (Å²) >= 11 is 0. The fourth-order valence-electron chi connectivity index (χ4n) is 5.85. The number of carbonyl (C=O) groups is 1. The minimum Gasteiger partial charge on any atom is -0.459 e. The number of cyclic esters (lactones) is 1. The highest BCUT2D eigenvalue weighted by molar-refractivity contribution is 5.91. The lowest BCUT2D eigenvalue weighted by molar-refractivity contribution is -0.210. The molecule has 1 heterocycles. The number of aliphatic hydroxyl groups is 3. The molecule has 3 fully saturated rings. The zero-order chi connectivity index (χ0) is 19.3. The van der Waals surface area contributed by atoms with Crippen LogP contribution >= 0.6 is 0 Å². The van der Waals surface area contributed by atoms with Crippen molar-refractivity contribution in [3.05, 3.63) is 23.8 Å². The van der Waals surface area contributed by atoms with E-state index in [1.807, 2.05) is 13.0 Å². The molecular formula is C21H32O5. The average Bonchev–Trinajstić information content (AvgIpc) is 2.93. The Balaban J connectivity index is 1.96. The molecule has 146 valence electrons. The predicted molar refractivity (Wildman–Crippen MR) is 98.2 cm³/mol. The smallest absolute Gasteiger partial charge is 0.336 e. The Labute approximate surface area is 155 Å². The molecule has 5 nitrogen and oxygen atoms in total. The second kappa shape index (κ2) is 6.47. The molecule has 1 unspecified atom stereocenters. The lowest BCUT2D eigenvalue weighted by Crippen LogP contribution is -2.64. The van der Waals surface area contributed by atoms with Crippen LogP contribution in [-0.4, -0.2) is 46.7 Å². The van der Waals surface area contributed by atoms with Gasteiger partial charge in [0, 0.05) is 5.41 Å². The van der Waals surface area contributed by atoms with Crippen molar-refractivity contribution in [2.45, 2.75) is 65.1 Å². The fourth-order valence-corrected chi connectivity index (χ4v) is 5.85. The molecule has 0 radical (unpaired) electrons. The Morgan fingerprint density at radius 3 is 2.54 bits per heavy atom. The minimum absolute atomic E-state index is 0.0278. The van der Waals surface area contributed by atoms with Gasteiger partial charge in [0.1, 0.15) is 12.7 Å². The van der Waals surface area contributed by atoms with Crippen molar-refractivity contribution in [2.75, 3.05) is 13.2 Å². The zero-order valence-electron chi connectivity index (χ0n) is 16.1. The van der Waals surface area contributed by atoms with Gasteiger partial charge in [0.15, 0.2) is 0 Å². The number of rotatable bonds is 3. The third kappa shape index (κ3) is 2.51. The molecule has 0 amide bonds. The number of fused-ring (bicyclic) bond motifs is 1. The maximum absolute atomic E-state index is 11.8. The van der Waals surface area contributed by atoms with E-state index in [0.29, 0.717) is 18.4 Å². The lowest BCUT2D eigenvalue weighted by atomic mass is 9.38. The van der Waals surface area contributed by atoms with Crippen molar-refractivity contribution in [3.63, 3.8) is 0 Å². The number of carbonyl (C=O) groups excluding carboxylic acids is 1. The van der Waals surface area contributed by atoms with Crippen LogP contribution in [0, 0.1) is 22.2 Å². The SMILES string of the molecule is C=C1CC[C@]2(C)C(C)(CO)[C@H](O)CC[C@@]2(C)[C@@H]1C/C=C1/C(=O)OC[C@H]1O. The minimum atomic E-state index is -0.852. The van der Waals surface area contributed by atoms with Crippen LogP contribution in [0.25, 0.3) is 0 Å². The molecule has 5 heteroatoms. The number of ether oxygens (including phenoxy) is 1. The maximum atomic E-state index is 11.8. The third-order valence-electron chi connectivity index (χ3n) is 8.27. The van der Waals surface area contributed by atoms with Gasteiger partial charge in [0.2, 0.25) is 0 Å². The zero-order valence-corrected chi connectivity index (χ0v) is 16.1. The van der Waals surface area contributed by atoms with Gasteiger partial charge in [-0.3, -0.25) is 0 Å². The van der Waals surface area contributed by atoms with Crippen LogP contribution in [0.2, 0.25) is 0 Å². The summed E-state index contributed by atoms with van der Waals surface area (Å²) in [5.41, 5.74) is 0.529. The summed E-state index contributed by atoms with van der Waals surface area (Å²) in [5, 5.41) is 30.8. The number of esters is 1. The van der Waals surface area contributed by atoms with Crippen molar-refractivity contribution in [1.29, 1.82) is 0 Å². The Morgan fingerprint density at radius 1 is 1.27 bits per heavy atom. The van der Waals surface area contributed by atoms with Crippen molar-refractivity contribution in [2.24, 2.45) is 22.2 Å². The number of aliphatic hydroxyl groups excluding tert-OH is 3. The molecule has 6 atom stereocenters. The molecule has 0 aromatic heterocycles. The van der Waals surface area contributed by atoms with E-state index >= 15 is 0 Å². The molecule has 2 saturated carbocycles. The van der Waals surface area contributed by atoms with Crippen molar-refractivity contribution >= 4 is 5.97 Å². The quantitative estimate of drug-likeness (QED) is 0.406. The first-order valence-corrected chi connectivity index (χ1v) is 9.62. The largest absolute Gasteiger partial charge is 0.459 e. The highest BCUT2D eigenvalue weighted by atomic mass is 16.6. The van der Waals surface area contributed by atoms with E-state index in [2.05, 4.69) is 20.4 Å². The van der Waals surface area contributed by atoms with E-state index in [1.165, 1.54) is 0 Å². The van der Waals surface area contributed by atoms with Crippen molar-refractivity contribution in [3.8, 4) is 0 Å². The average molecular weight is 364 g/mol. The molecular weight excluding hydrogens is 332 g/mol. The molecule has 0 bridgehead atoms. The lowest BCUT2D eigenvalue weighted by Gasteiger charge is -2.66. The van der Waals surface area contributed by atoms with Crippen LogP contribution in [0.3, 0.4) is 0 Å². The van der Waals surface area contributed by atoms with Crippen LogP contribution in [0.4, 0.5) is 0 Å². The van der Waals surface area contributed by atoms with E-state index in [4.69, 9.17) is 4.74 Å². The van der Waals surface area contributed by atoms with Gasteiger partial charge in [-0.05, 0) is 48.9 Å². The maximum Gasteiger partial charge on any atom is 0.336 e. The van der Waals surface area contributed by atoms with E-state index in [-0.39, 0.29) is 30.0 Å². The molecule has 0 aromatic rings.